The Kier molecular flexibility index (Phi) is 8.50. The second-order valence-electron chi connectivity index (χ2n) is 5.04. The van der Waals surface area contributed by atoms with Crippen LogP contribution in [0.25, 0.3) is 0 Å². The molecule has 1 aromatic carbocycles. The van der Waals surface area contributed by atoms with Crippen LogP contribution in [0, 0.1) is 0 Å². The molecule has 0 heterocycles. The molecule has 0 saturated heterocycles. The molecule has 0 saturated carbocycles. The molecular weight excluding hydrogens is 297 g/mol. The number of nitrogens with zero attached hydrogens (tertiary/aromatic N) is 1. The van der Waals surface area contributed by atoms with E-state index in [1.54, 1.807) is 18.2 Å². The zero-order valence-corrected chi connectivity index (χ0v) is 13.4. The van der Waals surface area contributed by atoms with Crippen LogP contribution in [0.5, 0.6) is 0 Å². The SMILES string of the molecule is CN(CCCCCO)CCC(O)c1cccc(Cl)c1Cl. The van der Waals surface area contributed by atoms with Gasteiger partial charge in [-0.15, -0.1) is 0 Å². The van der Waals surface area contributed by atoms with Crippen LogP contribution in [0.2, 0.25) is 10.0 Å². The van der Waals surface area contributed by atoms with Crippen molar-refractivity contribution < 1.29 is 10.2 Å². The number of aliphatic hydroxyl groups is 2. The number of hydrogen-bond donors (Lipinski definition) is 2. The van der Waals surface area contributed by atoms with Gasteiger partial charge in [0.2, 0.25) is 0 Å². The van der Waals surface area contributed by atoms with Crippen molar-refractivity contribution in [2.75, 3.05) is 26.7 Å². The topological polar surface area (TPSA) is 43.7 Å². The molecule has 0 aliphatic carbocycles. The summed E-state index contributed by atoms with van der Waals surface area (Å²) in [5, 5.41) is 19.8. The van der Waals surface area contributed by atoms with Crippen LogP contribution >= 0.6 is 23.2 Å². The molecule has 20 heavy (non-hydrogen) atoms. The van der Waals surface area contributed by atoms with Gasteiger partial charge in [-0.25, -0.2) is 0 Å². The first-order valence-electron chi connectivity index (χ1n) is 6.97. The Bertz CT molecular complexity index is 401. The van der Waals surface area contributed by atoms with E-state index in [0.29, 0.717) is 22.0 Å². The monoisotopic (exact) mass is 319 g/mol. The lowest BCUT2D eigenvalue weighted by Crippen LogP contribution is -2.22. The zero-order valence-electron chi connectivity index (χ0n) is 11.9. The zero-order chi connectivity index (χ0) is 15.0. The summed E-state index contributed by atoms with van der Waals surface area (Å²) in [6.07, 6.45) is 2.97. The largest absolute Gasteiger partial charge is 0.396 e. The third-order valence-electron chi connectivity index (χ3n) is 3.32. The molecule has 0 fully saturated rings. The van der Waals surface area contributed by atoms with Gasteiger partial charge in [0, 0.05) is 18.7 Å². The van der Waals surface area contributed by atoms with Gasteiger partial charge in [0.1, 0.15) is 0 Å². The highest BCUT2D eigenvalue weighted by molar-refractivity contribution is 6.42. The number of unbranched alkanes of at least 4 members (excludes halogenated alkanes) is 2. The lowest BCUT2D eigenvalue weighted by atomic mass is 10.1. The van der Waals surface area contributed by atoms with Crippen LogP contribution < -0.4 is 0 Å². The first-order chi connectivity index (χ1) is 9.56. The van der Waals surface area contributed by atoms with Crippen molar-refractivity contribution in [2.24, 2.45) is 0 Å². The van der Waals surface area contributed by atoms with Gasteiger partial charge in [-0.2, -0.15) is 0 Å². The van der Waals surface area contributed by atoms with Crippen molar-refractivity contribution in [1.82, 2.24) is 4.90 Å². The van der Waals surface area contributed by atoms with Gasteiger partial charge < -0.3 is 15.1 Å². The van der Waals surface area contributed by atoms with Crippen molar-refractivity contribution >= 4 is 23.2 Å². The van der Waals surface area contributed by atoms with Crippen LogP contribution in [0.4, 0.5) is 0 Å². The Labute approximate surface area is 131 Å². The Balaban J connectivity index is 2.35. The van der Waals surface area contributed by atoms with E-state index in [1.165, 1.54) is 0 Å². The van der Waals surface area contributed by atoms with E-state index < -0.39 is 6.10 Å². The first-order valence-corrected chi connectivity index (χ1v) is 7.73. The minimum atomic E-state index is -0.596. The quantitative estimate of drug-likeness (QED) is 0.684. The highest BCUT2D eigenvalue weighted by Crippen LogP contribution is 2.31. The molecular formula is C15H23Cl2NO2. The van der Waals surface area contributed by atoms with E-state index in [0.717, 1.165) is 32.4 Å². The van der Waals surface area contributed by atoms with Gasteiger partial charge >= 0.3 is 0 Å². The van der Waals surface area contributed by atoms with Crippen molar-refractivity contribution in [1.29, 1.82) is 0 Å². The van der Waals surface area contributed by atoms with E-state index in [4.69, 9.17) is 28.3 Å². The summed E-state index contributed by atoms with van der Waals surface area (Å²) in [6, 6.07) is 5.32. The summed E-state index contributed by atoms with van der Waals surface area (Å²) >= 11 is 12.0. The van der Waals surface area contributed by atoms with Crippen molar-refractivity contribution in [3.63, 3.8) is 0 Å². The molecule has 0 radical (unpaired) electrons. The predicted octanol–water partition coefficient (Wildman–Crippen LogP) is 3.51. The second-order valence-corrected chi connectivity index (χ2v) is 5.82. The van der Waals surface area contributed by atoms with Gasteiger partial charge in [-0.05, 0) is 45.3 Å². The fourth-order valence-corrected chi connectivity index (χ4v) is 2.49. The molecule has 2 N–H and O–H groups in total. The van der Waals surface area contributed by atoms with E-state index in [1.807, 2.05) is 7.05 Å². The molecule has 0 aliphatic rings. The number of hydrogen-bond acceptors (Lipinski definition) is 3. The van der Waals surface area contributed by atoms with Gasteiger partial charge in [0.05, 0.1) is 16.1 Å². The second kappa shape index (κ2) is 9.59. The average Bonchev–Trinajstić information content (AvgIpc) is 2.44. The molecule has 0 aliphatic heterocycles. The summed E-state index contributed by atoms with van der Waals surface area (Å²) in [4.78, 5) is 2.18. The summed E-state index contributed by atoms with van der Waals surface area (Å²) in [5.74, 6) is 0. The summed E-state index contributed by atoms with van der Waals surface area (Å²) in [5.41, 5.74) is 0.688. The van der Waals surface area contributed by atoms with Gasteiger partial charge in [0.25, 0.3) is 0 Å². The third-order valence-corrected chi connectivity index (χ3v) is 4.16. The Morgan fingerprint density at radius 3 is 2.60 bits per heavy atom. The first kappa shape index (κ1) is 17.7. The normalized spacial score (nSPS) is 12.9. The minimum absolute atomic E-state index is 0.260. The molecule has 0 amide bonds. The van der Waals surface area contributed by atoms with Crippen LogP contribution in [-0.4, -0.2) is 41.9 Å². The summed E-state index contributed by atoms with van der Waals surface area (Å²) < 4.78 is 0. The standard InChI is InChI=1S/C15H23Cl2NO2/c1-18(9-3-2-4-11-19)10-8-14(20)12-6-5-7-13(16)15(12)17/h5-7,14,19-20H,2-4,8-11H2,1H3. The third kappa shape index (κ3) is 5.98. The van der Waals surface area contributed by atoms with Crippen LogP contribution in [0.3, 0.4) is 0 Å². The molecule has 3 nitrogen and oxygen atoms in total. The molecule has 1 unspecified atom stereocenters. The lowest BCUT2D eigenvalue weighted by Gasteiger charge is -2.19. The molecule has 0 aromatic heterocycles. The van der Waals surface area contributed by atoms with Crippen molar-refractivity contribution in [2.45, 2.75) is 31.8 Å². The maximum atomic E-state index is 10.2. The maximum Gasteiger partial charge on any atom is 0.0817 e. The predicted molar refractivity (Wildman–Crippen MR) is 84.5 cm³/mol. The van der Waals surface area contributed by atoms with Crippen molar-refractivity contribution in [3.05, 3.63) is 33.8 Å². The van der Waals surface area contributed by atoms with Crippen molar-refractivity contribution in [3.8, 4) is 0 Å². The number of aliphatic hydroxyl groups excluding tert-OH is 2. The Morgan fingerprint density at radius 2 is 1.90 bits per heavy atom. The molecule has 114 valence electrons. The Hall–Kier alpha value is -0.320. The van der Waals surface area contributed by atoms with Gasteiger partial charge in [-0.1, -0.05) is 35.3 Å². The van der Waals surface area contributed by atoms with Gasteiger partial charge in [0.15, 0.2) is 0 Å². The number of halogens is 2. The van der Waals surface area contributed by atoms with E-state index in [2.05, 4.69) is 4.90 Å². The van der Waals surface area contributed by atoms with Crippen LogP contribution in [-0.2, 0) is 0 Å². The summed E-state index contributed by atoms with van der Waals surface area (Å²) in [7, 11) is 2.03. The molecule has 1 rings (SSSR count). The Morgan fingerprint density at radius 1 is 1.15 bits per heavy atom. The number of rotatable bonds is 9. The van der Waals surface area contributed by atoms with Crippen LogP contribution in [0.1, 0.15) is 37.4 Å². The van der Waals surface area contributed by atoms with Crippen LogP contribution in [0.15, 0.2) is 18.2 Å². The molecule has 1 atom stereocenters. The fourth-order valence-electron chi connectivity index (χ4n) is 2.06. The van der Waals surface area contributed by atoms with E-state index >= 15 is 0 Å². The maximum absolute atomic E-state index is 10.2. The molecule has 1 aromatic rings. The highest BCUT2D eigenvalue weighted by atomic mass is 35.5. The molecule has 5 heteroatoms. The summed E-state index contributed by atoms with van der Waals surface area (Å²) in [6.45, 7) is 2.02. The smallest absolute Gasteiger partial charge is 0.0817 e. The lowest BCUT2D eigenvalue weighted by molar-refractivity contribution is 0.148. The van der Waals surface area contributed by atoms with E-state index in [-0.39, 0.29) is 6.61 Å². The average molecular weight is 320 g/mol. The van der Waals surface area contributed by atoms with Gasteiger partial charge in [-0.3, -0.25) is 0 Å². The number of benzene rings is 1. The molecule has 0 spiro atoms. The fraction of sp³-hybridized carbons (Fsp3) is 0.600. The van der Waals surface area contributed by atoms with E-state index in [9.17, 15) is 5.11 Å². The highest BCUT2D eigenvalue weighted by Gasteiger charge is 2.14. The minimum Gasteiger partial charge on any atom is -0.396 e. The molecule has 0 bridgehead atoms.